The van der Waals surface area contributed by atoms with Gasteiger partial charge < -0.3 is 5.32 Å². The fourth-order valence-electron chi connectivity index (χ4n) is 1.69. The van der Waals surface area contributed by atoms with E-state index in [1.807, 2.05) is 30.3 Å². The number of para-hydroxylation sites is 1. The van der Waals surface area contributed by atoms with E-state index in [0.717, 1.165) is 5.69 Å². The maximum atomic E-state index is 12.2. The number of benzene rings is 1. The van der Waals surface area contributed by atoms with Crippen LogP contribution in [0, 0.1) is 0 Å². The molecule has 0 fully saturated rings. The lowest BCUT2D eigenvalue weighted by atomic mass is 10.3. The minimum absolute atomic E-state index is 0.421. The van der Waals surface area contributed by atoms with Crippen LogP contribution in [0.4, 0.5) is 18.9 Å². The molecular formula is C13H19F3N2. The van der Waals surface area contributed by atoms with Crippen LogP contribution in [0.15, 0.2) is 30.3 Å². The van der Waals surface area contributed by atoms with Crippen LogP contribution in [0.1, 0.15) is 13.3 Å². The first-order valence-corrected chi connectivity index (χ1v) is 6.09. The molecule has 0 aromatic heterocycles. The van der Waals surface area contributed by atoms with Crippen molar-refractivity contribution in [3.05, 3.63) is 30.3 Å². The number of hydrogen-bond donors (Lipinski definition) is 1. The summed E-state index contributed by atoms with van der Waals surface area (Å²) in [5.41, 5.74) is 0.997. The zero-order chi connectivity index (χ0) is 13.4. The Labute approximate surface area is 106 Å². The average molecular weight is 260 g/mol. The Bertz CT molecular complexity index is 325. The zero-order valence-electron chi connectivity index (χ0n) is 10.5. The standard InChI is InChI=1S/C13H19F3N2/c1-2-18(11-13(14,15)16)10-6-9-17-12-7-4-3-5-8-12/h3-5,7-8,17H,2,6,9-11H2,1H3. The molecule has 0 bridgehead atoms. The summed E-state index contributed by atoms with van der Waals surface area (Å²) in [7, 11) is 0. The predicted molar refractivity (Wildman–Crippen MR) is 67.7 cm³/mol. The van der Waals surface area contributed by atoms with Gasteiger partial charge in [-0.3, -0.25) is 4.90 Å². The van der Waals surface area contributed by atoms with Crippen LogP contribution in [0.2, 0.25) is 0 Å². The maximum absolute atomic E-state index is 12.2. The highest BCUT2D eigenvalue weighted by Crippen LogP contribution is 2.16. The van der Waals surface area contributed by atoms with Gasteiger partial charge >= 0.3 is 6.18 Å². The summed E-state index contributed by atoms with van der Waals surface area (Å²) in [6.45, 7) is 2.48. The Balaban J connectivity index is 2.20. The van der Waals surface area contributed by atoms with E-state index in [-0.39, 0.29) is 0 Å². The second-order valence-electron chi connectivity index (χ2n) is 4.13. The highest BCUT2D eigenvalue weighted by molar-refractivity contribution is 5.42. The third-order valence-corrected chi connectivity index (χ3v) is 2.60. The molecule has 0 aliphatic carbocycles. The second kappa shape index (κ2) is 7.26. The van der Waals surface area contributed by atoms with Crippen molar-refractivity contribution < 1.29 is 13.2 Å². The largest absolute Gasteiger partial charge is 0.401 e. The number of alkyl halides is 3. The molecule has 0 radical (unpaired) electrons. The lowest BCUT2D eigenvalue weighted by molar-refractivity contribution is -0.145. The Hall–Kier alpha value is -1.23. The van der Waals surface area contributed by atoms with Crippen molar-refractivity contribution in [2.45, 2.75) is 19.5 Å². The molecule has 102 valence electrons. The highest BCUT2D eigenvalue weighted by atomic mass is 19.4. The summed E-state index contributed by atoms with van der Waals surface area (Å²) < 4.78 is 36.6. The molecule has 18 heavy (non-hydrogen) atoms. The molecule has 1 aromatic carbocycles. The minimum atomic E-state index is -4.11. The summed E-state index contributed by atoms with van der Waals surface area (Å²) in [6.07, 6.45) is -3.41. The normalized spacial score (nSPS) is 11.8. The SMILES string of the molecule is CCN(CCCNc1ccccc1)CC(F)(F)F. The first-order valence-electron chi connectivity index (χ1n) is 6.09. The van der Waals surface area contributed by atoms with E-state index >= 15 is 0 Å². The van der Waals surface area contributed by atoms with E-state index < -0.39 is 12.7 Å². The van der Waals surface area contributed by atoms with Crippen molar-refractivity contribution in [1.82, 2.24) is 4.90 Å². The minimum Gasteiger partial charge on any atom is -0.385 e. The second-order valence-corrected chi connectivity index (χ2v) is 4.13. The smallest absolute Gasteiger partial charge is 0.385 e. The molecule has 1 N–H and O–H groups in total. The van der Waals surface area contributed by atoms with Crippen molar-refractivity contribution >= 4 is 5.69 Å². The fourth-order valence-corrected chi connectivity index (χ4v) is 1.69. The van der Waals surface area contributed by atoms with Crippen LogP contribution in [0.5, 0.6) is 0 Å². The first kappa shape index (κ1) is 14.8. The quantitative estimate of drug-likeness (QED) is 0.756. The molecule has 0 heterocycles. The Morgan fingerprint density at radius 3 is 2.39 bits per heavy atom. The van der Waals surface area contributed by atoms with Gasteiger partial charge in [-0.2, -0.15) is 13.2 Å². The van der Waals surface area contributed by atoms with Gasteiger partial charge in [0, 0.05) is 18.8 Å². The van der Waals surface area contributed by atoms with Gasteiger partial charge in [0.05, 0.1) is 6.54 Å². The van der Waals surface area contributed by atoms with Crippen LogP contribution in [-0.4, -0.2) is 37.3 Å². The van der Waals surface area contributed by atoms with Crippen LogP contribution < -0.4 is 5.32 Å². The van der Waals surface area contributed by atoms with E-state index in [1.165, 1.54) is 4.90 Å². The molecule has 0 aliphatic heterocycles. The number of hydrogen-bond acceptors (Lipinski definition) is 2. The molecule has 1 rings (SSSR count). The highest BCUT2D eigenvalue weighted by Gasteiger charge is 2.29. The predicted octanol–water partition coefficient (Wildman–Crippen LogP) is 3.37. The summed E-state index contributed by atoms with van der Waals surface area (Å²) in [6, 6.07) is 9.64. The van der Waals surface area contributed by atoms with E-state index in [4.69, 9.17) is 0 Å². The summed E-state index contributed by atoms with van der Waals surface area (Å²) in [5.74, 6) is 0. The van der Waals surface area contributed by atoms with Gasteiger partial charge in [0.15, 0.2) is 0 Å². The van der Waals surface area contributed by atoms with Gasteiger partial charge in [0.1, 0.15) is 0 Å². The zero-order valence-corrected chi connectivity index (χ0v) is 10.5. The lowest BCUT2D eigenvalue weighted by Crippen LogP contribution is -2.35. The van der Waals surface area contributed by atoms with Gasteiger partial charge in [-0.05, 0) is 25.1 Å². The van der Waals surface area contributed by atoms with E-state index in [9.17, 15) is 13.2 Å². The number of nitrogens with one attached hydrogen (secondary N) is 1. The van der Waals surface area contributed by atoms with E-state index in [1.54, 1.807) is 6.92 Å². The average Bonchev–Trinajstić information content (AvgIpc) is 2.33. The first-order chi connectivity index (χ1) is 8.51. The van der Waals surface area contributed by atoms with Crippen LogP contribution >= 0.6 is 0 Å². The molecule has 0 aliphatic rings. The van der Waals surface area contributed by atoms with Crippen molar-refractivity contribution in [3.8, 4) is 0 Å². The van der Waals surface area contributed by atoms with Gasteiger partial charge in [0.25, 0.3) is 0 Å². The molecule has 0 unspecified atom stereocenters. The number of rotatable bonds is 7. The van der Waals surface area contributed by atoms with Crippen molar-refractivity contribution in [3.63, 3.8) is 0 Å². The lowest BCUT2D eigenvalue weighted by Gasteiger charge is -2.21. The van der Waals surface area contributed by atoms with Gasteiger partial charge in [-0.1, -0.05) is 25.1 Å². The number of nitrogens with zero attached hydrogens (tertiary/aromatic N) is 1. The monoisotopic (exact) mass is 260 g/mol. The van der Waals surface area contributed by atoms with E-state index in [2.05, 4.69) is 5.32 Å². The summed E-state index contributed by atoms with van der Waals surface area (Å²) in [5, 5.41) is 3.18. The molecule has 0 atom stereocenters. The molecule has 0 spiro atoms. The Morgan fingerprint density at radius 2 is 1.83 bits per heavy atom. The third kappa shape index (κ3) is 6.49. The maximum Gasteiger partial charge on any atom is 0.401 e. The Kier molecular flexibility index (Phi) is 5.98. The van der Waals surface area contributed by atoms with E-state index in [0.29, 0.717) is 26.1 Å². The molecule has 5 heteroatoms. The third-order valence-electron chi connectivity index (χ3n) is 2.60. The summed E-state index contributed by atoms with van der Waals surface area (Å²) in [4.78, 5) is 1.41. The molecule has 0 saturated heterocycles. The molecular weight excluding hydrogens is 241 g/mol. The topological polar surface area (TPSA) is 15.3 Å². The van der Waals surface area contributed by atoms with Crippen LogP contribution in [0.3, 0.4) is 0 Å². The number of halogens is 3. The van der Waals surface area contributed by atoms with Crippen LogP contribution in [-0.2, 0) is 0 Å². The van der Waals surface area contributed by atoms with Gasteiger partial charge in [-0.15, -0.1) is 0 Å². The molecule has 2 nitrogen and oxygen atoms in total. The van der Waals surface area contributed by atoms with Crippen LogP contribution in [0.25, 0.3) is 0 Å². The van der Waals surface area contributed by atoms with Crippen molar-refractivity contribution in [2.75, 3.05) is 31.5 Å². The Morgan fingerprint density at radius 1 is 1.17 bits per heavy atom. The molecule has 0 amide bonds. The fraction of sp³-hybridized carbons (Fsp3) is 0.538. The van der Waals surface area contributed by atoms with Gasteiger partial charge in [-0.25, -0.2) is 0 Å². The van der Waals surface area contributed by atoms with Gasteiger partial charge in [0.2, 0.25) is 0 Å². The molecule has 0 saturated carbocycles. The van der Waals surface area contributed by atoms with Crippen molar-refractivity contribution in [1.29, 1.82) is 0 Å². The number of anilines is 1. The molecule has 1 aromatic rings. The van der Waals surface area contributed by atoms with Crippen molar-refractivity contribution in [2.24, 2.45) is 0 Å². The summed E-state index contributed by atoms with van der Waals surface area (Å²) >= 11 is 0.